The highest BCUT2D eigenvalue weighted by Crippen LogP contribution is 2.45. The number of hydrogen-bond acceptors (Lipinski definition) is 2. The van der Waals surface area contributed by atoms with E-state index in [4.69, 9.17) is 10.5 Å². The number of ether oxygens (including phenoxy) is 1. The maximum atomic E-state index is 13.4. The topological polar surface area (TPSA) is 35.2 Å². The van der Waals surface area contributed by atoms with Gasteiger partial charge in [-0.15, -0.1) is 0 Å². The number of benzene rings is 2. The minimum atomic E-state index is -0.564. The Bertz CT molecular complexity index is 712. The maximum Gasteiger partial charge on any atom is 0.127 e. The van der Waals surface area contributed by atoms with Gasteiger partial charge in [0.25, 0.3) is 0 Å². The Kier molecular flexibility index (Phi) is 2.79. The van der Waals surface area contributed by atoms with Gasteiger partial charge >= 0.3 is 0 Å². The normalized spacial score (nSPS) is 23.3. The average molecular weight is 283 g/mol. The summed E-state index contributed by atoms with van der Waals surface area (Å²) in [4.78, 5) is 0. The quantitative estimate of drug-likeness (QED) is 0.871. The monoisotopic (exact) mass is 283 g/mol. The Morgan fingerprint density at radius 1 is 1.05 bits per heavy atom. The molecule has 0 saturated heterocycles. The first-order valence-corrected chi connectivity index (χ1v) is 7.51. The van der Waals surface area contributed by atoms with Crippen molar-refractivity contribution in [3.8, 4) is 5.75 Å². The van der Waals surface area contributed by atoms with Gasteiger partial charge < -0.3 is 10.5 Å². The van der Waals surface area contributed by atoms with Crippen molar-refractivity contribution in [2.75, 3.05) is 6.61 Å². The first-order chi connectivity index (χ1) is 10.2. The van der Waals surface area contributed by atoms with Gasteiger partial charge in [-0.1, -0.05) is 24.3 Å². The number of rotatable bonds is 1. The van der Waals surface area contributed by atoms with Gasteiger partial charge in [0.05, 0.1) is 12.1 Å². The fraction of sp³-hybridized carbons (Fsp3) is 0.333. The molecule has 0 radical (unpaired) electrons. The molecule has 21 heavy (non-hydrogen) atoms. The fourth-order valence-electron chi connectivity index (χ4n) is 3.69. The first-order valence-electron chi connectivity index (χ1n) is 7.51. The number of fused-ring (bicyclic) bond motifs is 2. The van der Waals surface area contributed by atoms with Crippen LogP contribution in [0.3, 0.4) is 0 Å². The highest BCUT2D eigenvalue weighted by molar-refractivity contribution is 5.54. The lowest BCUT2D eigenvalue weighted by molar-refractivity contribution is 0.279. The van der Waals surface area contributed by atoms with Gasteiger partial charge in [0.2, 0.25) is 0 Å². The highest BCUT2D eigenvalue weighted by Gasteiger charge is 2.39. The van der Waals surface area contributed by atoms with Crippen molar-refractivity contribution in [3.63, 3.8) is 0 Å². The van der Waals surface area contributed by atoms with Crippen molar-refractivity contribution in [2.24, 2.45) is 5.73 Å². The zero-order valence-corrected chi connectivity index (χ0v) is 11.9. The summed E-state index contributed by atoms with van der Waals surface area (Å²) in [5.74, 6) is 0.757. The Balaban J connectivity index is 1.88. The SMILES string of the molecule is NC1(c2cccc3c2OCCC3)CCc2cc(F)ccc21. The average Bonchev–Trinajstić information content (AvgIpc) is 2.84. The summed E-state index contributed by atoms with van der Waals surface area (Å²) in [7, 11) is 0. The molecule has 2 aromatic rings. The molecular formula is C18H18FNO. The van der Waals surface area contributed by atoms with Crippen LogP contribution in [0.15, 0.2) is 36.4 Å². The van der Waals surface area contributed by atoms with Crippen LogP contribution in [0.5, 0.6) is 5.75 Å². The third-order valence-corrected chi connectivity index (χ3v) is 4.75. The van der Waals surface area contributed by atoms with Crippen LogP contribution in [0.25, 0.3) is 0 Å². The van der Waals surface area contributed by atoms with Crippen LogP contribution in [-0.4, -0.2) is 6.61 Å². The van der Waals surface area contributed by atoms with Crippen LogP contribution >= 0.6 is 0 Å². The van der Waals surface area contributed by atoms with Gasteiger partial charge in [-0.25, -0.2) is 4.39 Å². The lowest BCUT2D eigenvalue weighted by atomic mass is 9.83. The molecule has 0 amide bonds. The Morgan fingerprint density at radius 2 is 1.95 bits per heavy atom. The molecule has 0 saturated carbocycles. The minimum Gasteiger partial charge on any atom is -0.493 e. The van der Waals surface area contributed by atoms with Crippen molar-refractivity contribution in [1.29, 1.82) is 0 Å². The molecule has 0 aromatic heterocycles. The summed E-state index contributed by atoms with van der Waals surface area (Å²) in [6, 6.07) is 11.2. The zero-order chi connectivity index (χ0) is 14.4. The van der Waals surface area contributed by atoms with E-state index in [1.54, 1.807) is 6.07 Å². The van der Waals surface area contributed by atoms with E-state index in [0.717, 1.165) is 54.7 Å². The molecule has 0 fully saturated rings. The zero-order valence-electron chi connectivity index (χ0n) is 11.9. The second-order valence-electron chi connectivity index (χ2n) is 6.02. The van der Waals surface area contributed by atoms with Gasteiger partial charge in [0.1, 0.15) is 11.6 Å². The molecule has 1 aliphatic carbocycles. The van der Waals surface area contributed by atoms with E-state index in [1.165, 1.54) is 11.6 Å². The molecule has 0 spiro atoms. The molecule has 108 valence electrons. The summed E-state index contributed by atoms with van der Waals surface area (Å²) in [6.07, 6.45) is 3.70. The molecule has 1 heterocycles. The smallest absolute Gasteiger partial charge is 0.127 e. The first kappa shape index (κ1) is 12.8. The van der Waals surface area contributed by atoms with Crippen molar-refractivity contribution in [1.82, 2.24) is 0 Å². The van der Waals surface area contributed by atoms with Crippen LogP contribution < -0.4 is 10.5 Å². The predicted molar refractivity (Wildman–Crippen MR) is 79.9 cm³/mol. The largest absolute Gasteiger partial charge is 0.493 e. The number of hydrogen-bond donors (Lipinski definition) is 1. The van der Waals surface area contributed by atoms with Crippen molar-refractivity contribution in [3.05, 3.63) is 64.5 Å². The minimum absolute atomic E-state index is 0.190. The summed E-state index contributed by atoms with van der Waals surface area (Å²) in [5, 5.41) is 0. The van der Waals surface area contributed by atoms with E-state index in [-0.39, 0.29) is 5.82 Å². The number of halogens is 1. The van der Waals surface area contributed by atoms with Crippen molar-refractivity contribution in [2.45, 2.75) is 31.2 Å². The van der Waals surface area contributed by atoms with Crippen LogP contribution in [-0.2, 0) is 18.4 Å². The van der Waals surface area contributed by atoms with E-state index >= 15 is 0 Å². The van der Waals surface area contributed by atoms with Crippen LogP contribution in [0.2, 0.25) is 0 Å². The predicted octanol–water partition coefficient (Wildman–Crippen LogP) is 3.30. The molecule has 3 heteroatoms. The molecule has 2 nitrogen and oxygen atoms in total. The second kappa shape index (κ2) is 4.57. The Labute approximate surface area is 123 Å². The highest BCUT2D eigenvalue weighted by atomic mass is 19.1. The lowest BCUT2D eigenvalue weighted by Crippen LogP contribution is -2.36. The summed E-state index contributed by atoms with van der Waals surface area (Å²) in [5.41, 5.74) is 10.5. The summed E-state index contributed by atoms with van der Waals surface area (Å²) >= 11 is 0. The van der Waals surface area contributed by atoms with Crippen LogP contribution in [0.1, 0.15) is 35.1 Å². The molecular weight excluding hydrogens is 265 g/mol. The van der Waals surface area contributed by atoms with Gasteiger partial charge in [0.15, 0.2) is 0 Å². The van der Waals surface area contributed by atoms with Gasteiger partial charge in [-0.2, -0.15) is 0 Å². The molecule has 0 bridgehead atoms. The second-order valence-corrected chi connectivity index (χ2v) is 6.02. The Morgan fingerprint density at radius 3 is 2.86 bits per heavy atom. The van der Waals surface area contributed by atoms with E-state index in [0.29, 0.717) is 0 Å². The van der Waals surface area contributed by atoms with Gasteiger partial charge in [-0.05, 0) is 54.5 Å². The summed E-state index contributed by atoms with van der Waals surface area (Å²) in [6.45, 7) is 0.746. The van der Waals surface area contributed by atoms with Crippen molar-refractivity contribution >= 4 is 0 Å². The summed E-state index contributed by atoms with van der Waals surface area (Å²) < 4.78 is 19.3. The third-order valence-electron chi connectivity index (χ3n) is 4.75. The van der Waals surface area contributed by atoms with E-state index in [2.05, 4.69) is 18.2 Å². The molecule has 2 N–H and O–H groups in total. The molecule has 2 aromatic carbocycles. The molecule has 1 atom stereocenters. The molecule has 1 unspecified atom stereocenters. The number of aryl methyl sites for hydroxylation is 2. The molecule has 1 aliphatic heterocycles. The van der Waals surface area contributed by atoms with Crippen LogP contribution in [0.4, 0.5) is 4.39 Å². The van der Waals surface area contributed by atoms with E-state index in [1.807, 2.05) is 6.07 Å². The van der Waals surface area contributed by atoms with Crippen molar-refractivity contribution < 1.29 is 9.13 Å². The third kappa shape index (κ3) is 1.88. The lowest BCUT2D eigenvalue weighted by Gasteiger charge is -2.31. The van der Waals surface area contributed by atoms with E-state index < -0.39 is 5.54 Å². The fourth-order valence-corrected chi connectivity index (χ4v) is 3.69. The standard InChI is InChI=1S/C18H18FNO/c19-14-6-7-15-13(11-14)8-9-18(15,20)16-5-1-3-12-4-2-10-21-17(12)16/h1,3,5-7,11H,2,4,8-10,20H2. The molecule has 2 aliphatic rings. The number of para-hydroxylation sites is 1. The van der Waals surface area contributed by atoms with Gasteiger partial charge in [-0.3, -0.25) is 0 Å². The van der Waals surface area contributed by atoms with Gasteiger partial charge in [0, 0.05) is 5.56 Å². The maximum absolute atomic E-state index is 13.4. The molecule has 4 rings (SSSR count). The van der Waals surface area contributed by atoms with Crippen LogP contribution in [0, 0.1) is 5.82 Å². The number of nitrogens with two attached hydrogens (primary N) is 1. The van der Waals surface area contributed by atoms with E-state index in [9.17, 15) is 4.39 Å². The Hall–Kier alpha value is -1.87.